The summed E-state index contributed by atoms with van der Waals surface area (Å²) >= 11 is 1.72. The molecule has 0 amide bonds. The van der Waals surface area contributed by atoms with Crippen molar-refractivity contribution < 1.29 is 21.1 Å². The molecule has 5 aromatic carbocycles. The van der Waals surface area contributed by atoms with Crippen LogP contribution in [0.15, 0.2) is 121 Å². The smallest absolute Gasteiger partial charge is 0.380 e. The Morgan fingerprint density at radius 1 is 0.595 bits per heavy atom. The molecule has 3 nitrogen and oxygen atoms in total. The van der Waals surface area contributed by atoms with E-state index in [0.29, 0.717) is 0 Å². The van der Waals surface area contributed by atoms with E-state index < -0.39 is 0 Å². The quantitative estimate of drug-likeness (QED) is 0.136. The average molecular weight is 733 g/mol. The molecule has 0 aliphatic carbocycles. The second kappa shape index (κ2) is 9.91. The van der Waals surface area contributed by atoms with Crippen molar-refractivity contribution in [2.24, 2.45) is 0 Å². The van der Waals surface area contributed by atoms with E-state index in [9.17, 15) is 0 Å². The van der Waals surface area contributed by atoms with Gasteiger partial charge in [0.1, 0.15) is 0 Å². The maximum Gasteiger partial charge on any atom is 2.00 e. The summed E-state index contributed by atoms with van der Waals surface area (Å²) in [5, 5.41) is 0.988. The monoisotopic (exact) mass is 732 g/mol. The van der Waals surface area contributed by atoms with Gasteiger partial charge in [-0.1, -0.05) is 60.7 Å². The fourth-order valence-electron chi connectivity index (χ4n) is 6.34. The van der Waals surface area contributed by atoms with E-state index >= 15 is 0 Å². The number of anilines is 2. The number of aromatic nitrogens is 2. The number of hydrogen-bond acceptors (Lipinski definition) is 4. The van der Waals surface area contributed by atoms with Gasteiger partial charge in [0.25, 0.3) is 6.85 Å². The Bertz CT molecular complexity index is 2110. The topological polar surface area (TPSA) is 29.0 Å². The van der Waals surface area contributed by atoms with Crippen molar-refractivity contribution in [2.75, 3.05) is 4.81 Å². The Morgan fingerprint density at radius 3 is 1.90 bits per heavy atom. The van der Waals surface area contributed by atoms with Crippen LogP contribution in [0.5, 0.6) is 0 Å². The van der Waals surface area contributed by atoms with Crippen LogP contribution < -0.4 is 15.7 Å². The third kappa shape index (κ3) is 3.77. The first kappa shape index (κ1) is 25.4. The van der Waals surface area contributed by atoms with Gasteiger partial charge in [-0.3, -0.25) is 4.98 Å². The molecule has 9 rings (SSSR count). The van der Waals surface area contributed by atoms with Crippen LogP contribution in [-0.2, 0) is 21.1 Å². The minimum absolute atomic E-state index is 0. The largest absolute Gasteiger partial charge is 2.00 e. The first-order chi connectivity index (χ1) is 20.3. The van der Waals surface area contributed by atoms with E-state index in [1.807, 2.05) is 30.5 Å². The van der Waals surface area contributed by atoms with Gasteiger partial charge in [-0.25, -0.2) is 0 Å². The molecule has 2 aromatic heterocycles. The third-order valence-electron chi connectivity index (χ3n) is 8.13. The molecule has 2 aliphatic heterocycles. The molecule has 0 atom stereocenters. The Hall–Kier alpha value is -4.31. The summed E-state index contributed by atoms with van der Waals surface area (Å²) in [5.41, 5.74) is 13.5. The SMILES string of the molecule is [Pt+2].[c-]1c(-c2ccccn2)ccc2c1B1c3[c-]c(-c4nc5ccccc5s4)ccc3-c3ccccc3N1c1ccccc1-2. The molecule has 2 aliphatic rings. The van der Waals surface area contributed by atoms with Gasteiger partial charge in [-0.2, -0.15) is 11.3 Å². The van der Waals surface area contributed by atoms with Gasteiger partial charge >= 0.3 is 21.1 Å². The van der Waals surface area contributed by atoms with Crippen molar-refractivity contribution >= 4 is 50.7 Å². The van der Waals surface area contributed by atoms with E-state index in [1.54, 1.807) is 11.3 Å². The number of thiazole rings is 1. The van der Waals surface area contributed by atoms with Crippen LogP contribution in [0, 0.1) is 12.1 Å². The summed E-state index contributed by atoms with van der Waals surface area (Å²) in [5.74, 6) is 0. The molecular weight excluding hydrogens is 712 g/mol. The second-order valence-corrected chi connectivity index (χ2v) is 11.4. The van der Waals surface area contributed by atoms with Crippen LogP contribution in [-0.4, -0.2) is 16.8 Å². The first-order valence-corrected chi connectivity index (χ1v) is 14.5. The molecule has 6 heteroatoms. The van der Waals surface area contributed by atoms with Gasteiger partial charge in [0.2, 0.25) is 0 Å². The molecule has 42 heavy (non-hydrogen) atoms. The van der Waals surface area contributed by atoms with Crippen LogP contribution in [0.3, 0.4) is 0 Å². The number of rotatable bonds is 2. The van der Waals surface area contributed by atoms with Gasteiger partial charge < -0.3 is 9.79 Å². The van der Waals surface area contributed by atoms with Crippen molar-refractivity contribution in [1.82, 2.24) is 9.97 Å². The molecular formula is C36H20BN3PtS. The summed E-state index contributed by atoms with van der Waals surface area (Å²) in [7, 11) is 0. The minimum Gasteiger partial charge on any atom is -0.380 e. The van der Waals surface area contributed by atoms with Gasteiger partial charge in [0, 0.05) is 27.3 Å². The molecule has 7 aromatic rings. The van der Waals surface area contributed by atoms with Crippen molar-refractivity contribution in [3.8, 4) is 44.1 Å². The zero-order valence-corrected chi connectivity index (χ0v) is 25.3. The third-order valence-corrected chi connectivity index (χ3v) is 9.20. The van der Waals surface area contributed by atoms with E-state index in [-0.39, 0.29) is 27.9 Å². The van der Waals surface area contributed by atoms with Crippen LogP contribution >= 0.6 is 11.3 Å². The minimum atomic E-state index is -0.0946. The van der Waals surface area contributed by atoms with E-state index in [4.69, 9.17) is 4.98 Å². The standard InChI is InChI=1S/C36H20BN3S.Pt/c1-4-13-33-27(9-1)25-18-16-23(31-11-7-8-20-38-31)21-29(25)37-30-22-24(36-39-32-12-3-6-15-35(32)41-36)17-19-26(30)28-10-2-5-14-34(28)40(33)37;/h1-20H;/q-2;+2. The molecule has 0 bridgehead atoms. The molecule has 0 radical (unpaired) electrons. The van der Waals surface area contributed by atoms with Gasteiger partial charge in [0.15, 0.2) is 0 Å². The second-order valence-electron chi connectivity index (χ2n) is 10.4. The number of benzene rings is 5. The number of hydrogen-bond donors (Lipinski definition) is 0. The van der Waals surface area contributed by atoms with Crippen molar-refractivity contribution in [3.63, 3.8) is 0 Å². The molecule has 0 N–H and O–H groups in total. The predicted molar refractivity (Wildman–Crippen MR) is 170 cm³/mol. The van der Waals surface area contributed by atoms with E-state index in [0.717, 1.165) is 38.3 Å². The summed E-state index contributed by atoms with van der Waals surface area (Å²) in [6, 6.07) is 48.3. The maximum absolute atomic E-state index is 4.97. The van der Waals surface area contributed by atoms with Gasteiger partial charge in [-0.05, 0) is 47.2 Å². The predicted octanol–water partition coefficient (Wildman–Crippen LogP) is 7.53. The van der Waals surface area contributed by atoms with Crippen LogP contribution in [0.4, 0.5) is 11.4 Å². The Kier molecular flexibility index (Phi) is 5.99. The summed E-state index contributed by atoms with van der Waals surface area (Å²) in [6.07, 6.45) is 1.84. The molecule has 0 fully saturated rings. The Labute approximate surface area is 262 Å². The molecule has 0 saturated carbocycles. The van der Waals surface area contributed by atoms with Crippen LogP contribution in [0.2, 0.25) is 0 Å². The summed E-state index contributed by atoms with van der Waals surface area (Å²) < 4.78 is 1.19. The van der Waals surface area contributed by atoms with Crippen molar-refractivity contribution in [1.29, 1.82) is 0 Å². The van der Waals surface area contributed by atoms with E-state index in [1.165, 1.54) is 38.3 Å². The number of fused-ring (bicyclic) bond motifs is 12. The van der Waals surface area contributed by atoms with Crippen molar-refractivity contribution in [2.45, 2.75) is 0 Å². The summed E-state index contributed by atoms with van der Waals surface area (Å²) in [4.78, 5) is 12.1. The number of nitrogens with zero attached hydrogens (tertiary/aromatic N) is 3. The molecule has 0 spiro atoms. The van der Waals surface area contributed by atoms with Gasteiger partial charge in [0.05, 0.1) is 5.52 Å². The molecule has 4 heterocycles. The zero-order valence-electron chi connectivity index (χ0n) is 22.2. The fraction of sp³-hybridized carbons (Fsp3) is 0. The van der Waals surface area contributed by atoms with Crippen LogP contribution in [0.25, 0.3) is 54.3 Å². The van der Waals surface area contributed by atoms with Crippen LogP contribution in [0.1, 0.15) is 0 Å². The van der Waals surface area contributed by atoms with Gasteiger partial charge in [-0.15, -0.1) is 69.6 Å². The fourth-order valence-corrected chi connectivity index (χ4v) is 7.29. The average Bonchev–Trinajstić information content (AvgIpc) is 3.49. The first-order valence-electron chi connectivity index (χ1n) is 13.7. The molecule has 0 saturated heterocycles. The molecule has 198 valence electrons. The number of para-hydroxylation sites is 3. The summed E-state index contributed by atoms with van der Waals surface area (Å²) in [6.45, 7) is -0.0946. The Balaban J connectivity index is 0.00000267. The van der Waals surface area contributed by atoms with Crippen molar-refractivity contribution in [3.05, 3.63) is 134 Å². The van der Waals surface area contributed by atoms with E-state index in [2.05, 4.69) is 113 Å². The maximum atomic E-state index is 4.97. The zero-order chi connectivity index (χ0) is 26.9. The Morgan fingerprint density at radius 2 is 1.21 bits per heavy atom. The normalized spacial score (nSPS) is 12.5. The molecule has 0 unspecified atom stereocenters. The number of pyridine rings is 1.